The van der Waals surface area contributed by atoms with Gasteiger partial charge < -0.3 is 9.84 Å². The van der Waals surface area contributed by atoms with Gasteiger partial charge in [-0.1, -0.05) is 78.7 Å². The number of allylic oxidation sites excluding steroid dienone is 1. The predicted molar refractivity (Wildman–Crippen MR) is 147 cm³/mol. The second-order valence-corrected chi connectivity index (χ2v) is 10.1. The molecule has 3 aromatic rings. The Hall–Kier alpha value is -3.81. The number of carboxylic acids is 1. The maximum absolute atomic E-state index is 11.1. The smallest absolute Gasteiger partial charge is 0.304 e. The van der Waals surface area contributed by atoms with Crippen molar-refractivity contribution < 1.29 is 14.6 Å². The van der Waals surface area contributed by atoms with Crippen LogP contribution in [0.4, 0.5) is 0 Å². The number of hydrogen-bond donors (Lipinski definition) is 1. The molecule has 4 heteroatoms. The first kappa shape index (κ1) is 24.9. The molecule has 1 aliphatic carbocycles. The van der Waals surface area contributed by atoms with Crippen LogP contribution in [0.1, 0.15) is 59.9 Å². The fraction of sp³-hybridized carbons (Fsp3) is 0.303. The van der Waals surface area contributed by atoms with Gasteiger partial charge in [0, 0.05) is 12.0 Å². The van der Waals surface area contributed by atoms with Gasteiger partial charge in [0.2, 0.25) is 0 Å². The van der Waals surface area contributed by atoms with Gasteiger partial charge >= 0.3 is 5.97 Å². The number of ether oxygens (including phenoxy) is 1. The molecule has 0 radical (unpaired) electrons. The number of carbonyl (C=O) groups is 1. The van der Waals surface area contributed by atoms with E-state index in [4.69, 9.17) is 9.84 Å². The molecule has 5 rings (SSSR count). The van der Waals surface area contributed by atoms with E-state index in [9.17, 15) is 4.79 Å². The molecule has 1 N–H and O–H groups in total. The van der Waals surface area contributed by atoms with Crippen molar-refractivity contribution in [3.05, 3.63) is 107 Å². The molecule has 0 unspecified atom stereocenters. The zero-order valence-electron chi connectivity index (χ0n) is 21.3. The molecule has 2 aliphatic rings. The first-order valence-electron chi connectivity index (χ1n) is 13.0. The van der Waals surface area contributed by atoms with Gasteiger partial charge in [0.15, 0.2) is 0 Å². The van der Waals surface area contributed by atoms with Crippen molar-refractivity contribution in [1.82, 2.24) is 4.90 Å². The van der Waals surface area contributed by atoms with Crippen LogP contribution >= 0.6 is 0 Å². The number of nitrogens with zero attached hydrogens (tertiary/aromatic N) is 1. The molecular formula is C33H33NO3. The average molecular weight is 492 g/mol. The van der Waals surface area contributed by atoms with Crippen LogP contribution < -0.4 is 4.74 Å². The van der Waals surface area contributed by atoms with Crippen LogP contribution in [0.2, 0.25) is 0 Å². The molecule has 37 heavy (non-hydrogen) atoms. The molecule has 0 aromatic heterocycles. The summed E-state index contributed by atoms with van der Waals surface area (Å²) in [4.78, 5) is 13.7. The van der Waals surface area contributed by atoms with Crippen molar-refractivity contribution in [1.29, 1.82) is 0 Å². The summed E-state index contributed by atoms with van der Waals surface area (Å²) in [7, 11) is 0. The van der Waals surface area contributed by atoms with Crippen molar-refractivity contribution in [2.75, 3.05) is 13.1 Å². The fourth-order valence-electron chi connectivity index (χ4n) is 5.54. The molecule has 4 nitrogen and oxygen atoms in total. The zero-order valence-corrected chi connectivity index (χ0v) is 21.3. The summed E-state index contributed by atoms with van der Waals surface area (Å²) in [6.45, 7) is 5.41. The molecule has 1 fully saturated rings. The van der Waals surface area contributed by atoms with Gasteiger partial charge in [0.05, 0.1) is 12.3 Å². The second-order valence-electron chi connectivity index (χ2n) is 10.1. The minimum absolute atomic E-state index is 0.00328. The lowest BCUT2D eigenvalue weighted by Crippen LogP contribution is -2.40. The number of piperidine rings is 1. The lowest BCUT2D eigenvalue weighted by Gasteiger charge is -2.39. The Balaban J connectivity index is 1.11. The van der Waals surface area contributed by atoms with Crippen LogP contribution in [0.15, 0.2) is 78.9 Å². The van der Waals surface area contributed by atoms with Crippen molar-refractivity contribution in [3.63, 3.8) is 0 Å². The van der Waals surface area contributed by atoms with E-state index in [0.29, 0.717) is 6.61 Å². The third-order valence-electron chi connectivity index (χ3n) is 7.64. The van der Waals surface area contributed by atoms with E-state index in [1.54, 1.807) is 6.92 Å². The highest BCUT2D eigenvalue weighted by Gasteiger charge is 2.37. The molecule has 1 spiro atoms. The van der Waals surface area contributed by atoms with Crippen LogP contribution in [-0.2, 0) is 23.4 Å². The molecule has 0 amide bonds. The van der Waals surface area contributed by atoms with Crippen molar-refractivity contribution in [2.45, 2.75) is 50.7 Å². The van der Waals surface area contributed by atoms with E-state index in [-0.39, 0.29) is 17.8 Å². The van der Waals surface area contributed by atoms with Gasteiger partial charge in [-0.25, -0.2) is 0 Å². The summed E-state index contributed by atoms with van der Waals surface area (Å²) in [5.41, 5.74) is 6.46. The Labute approximate surface area is 219 Å². The number of carboxylic acid groups (broad SMARTS) is 1. The van der Waals surface area contributed by atoms with Crippen LogP contribution in [0.25, 0.3) is 6.08 Å². The number of fused-ring (bicyclic) bond motifs is 2. The Bertz CT molecular complexity index is 1320. The lowest BCUT2D eigenvalue weighted by atomic mass is 9.74. The number of hydrogen-bond acceptors (Lipinski definition) is 3. The summed E-state index contributed by atoms with van der Waals surface area (Å²) in [5.74, 6) is 5.41. The number of likely N-dealkylation sites (tertiary alicyclic amines) is 1. The van der Waals surface area contributed by atoms with E-state index in [1.165, 1.54) is 29.5 Å². The van der Waals surface area contributed by atoms with Crippen LogP contribution in [0.3, 0.4) is 0 Å². The highest BCUT2D eigenvalue weighted by molar-refractivity contribution is 5.69. The topological polar surface area (TPSA) is 49.8 Å². The first-order valence-corrected chi connectivity index (χ1v) is 13.0. The second kappa shape index (κ2) is 11.1. The summed E-state index contributed by atoms with van der Waals surface area (Å²) in [6, 6.07) is 25.1. The Morgan fingerprint density at radius 1 is 1.00 bits per heavy atom. The summed E-state index contributed by atoms with van der Waals surface area (Å²) < 4.78 is 5.97. The molecule has 0 bridgehead atoms. The average Bonchev–Trinajstić information content (AvgIpc) is 3.27. The molecule has 1 atom stereocenters. The van der Waals surface area contributed by atoms with Crippen molar-refractivity contribution in [3.8, 4) is 17.6 Å². The van der Waals surface area contributed by atoms with Gasteiger partial charge in [-0.2, -0.15) is 0 Å². The van der Waals surface area contributed by atoms with Crippen LogP contribution in [0, 0.1) is 11.8 Å². The number of aliphatic carboxylic acids is 1. The third-order valence-corrected chi connectivity index (χ3v) is 7.64. The minimum Gasteiger partial charge on any atom is -0.489 e. The predicted octanol–water partition coefficient (Wildman–Crippen LogP) is 6.41. The van der Waals surface area contributed by atoms with Gasteiger partial charge in [-0.15, -0.1) is 5.92 Å². The van der Waals surface area contributed by atoms with Crippen molar-refractivity contribution >= 4 is 12.0 Å². The van der Waals surface area contributed by atoms with E-state index in [2.05, 4.69) is 77.4 Å². The van der Waals surface area contributed by atoms with Crippen molar-refractivity contribution in [2.24, 2.45) is 0 Å². The normalized spacial score (nSPS) is 16.6. The van der Waals surface area contributed by atoms with Gasteiger partial charge in [0.1, 0.15) is 12.4 Å². The molecule has 3 aromatic carbocycles. The lowest BCUT2D eigenvalue weighted by molar-refractivity contribution is -0.137. The zero-order chi connectivity index (χ0) is 25.7. The fourth-order valence-corrected chi connectivity index (χ4v) is 5.54. The quantitative estimate of drug-likeness (QED) is 0.370. The molecule has 1 heterocycles. The Kier molecular flexibility index (Phi) is 7.44. The first-order chi connectivity index (χ1) is 18.0. The van der Waals surface area contributed by atoms with Gasteiger partial charge in [0.25, 0.3) is 0 Å². The third kappa shape index (κ3) is 5.79. The standard InChI is InChI=1S/C33H33NO3/c1-2-5-29(22-32(35)36)27-12-14-30(15-13-27)37-24-26-10-8-25(9-11-26)23-34-20-18-33(19-21-34)17-16-28-6-3-4-7-31(28)33/h3-4,6-17,29H,18-24H2,1H3,(H,35,36)/t29-/m1/s1. The van der Waals surface area contributed by atoms with E-state index >= 15 is 0 Å². The Morgan fingerprint density at radius 3 is 2.41 bits per heavy atom. The van der Waals surface area contributed by atoms with Crippen LogP contribution in [-0.4, -0.2) is 29.1 Å². The van der Waals surface area contributed by atoms with Gasteiger partial charge in [-0.05, 0) is 72.8 Å². The molecule has 1 aliphatic heterocycles. The maximum Gasteiger partial charge on any atom is 0.304 e. The molecule has 0 saturated carbocycles. The summed E-state index contributed by atoms with van der Waals surface area (Å²) in [5, 5.41) is 9.13. The molecule has 1 saturated heterocycles. The Morgan fingerprint density at radius 2 is 1.70 bits per heavy atom. The summed E-state index contributed by atoms with van der Waals surface area (Å²) in [6.07, 6.45) is 7.08. The van der Waals surface area contributed by atoms with E-state index in [1.807, 2.05) is 24.3 Å². The van der Waals surface area contributed by atoms with Crippen LogP contribution in [0.5, 0.6) is 5.75 Å². The van der Waals surface area contributed by atoms with E-state index in [0.717, 1.165) is 36.5 Å². The molecule has 188 valence electrons. The van der Waals surface area contributed by atoms with Gasteiger partial charge in [-0.3, -0.25) is 9.69 Å². The highest BCUT2D eigenvalue weighted by atomic mass is 16.5. The monoisotopic (exact) mass is 491 g/mol. The summed E-state index contributed by atoms with van der Waals surface area (Å²) >= 11 is 0. The number of benzene rings is 3. The minimum atomic E-state index is -0.850. The molecular weight excluding hydrogens is 458 g/mol. The maximum atomic E-state index is 11.1. The largest absolute Gasteiger partial charge is 0.489 e. The number of rotatable bonds is 8. The van der Waals surface area contributed by atoms with E-state index < -0.39 is 5.97 Å². The SMILES string of the molecule is CC#C[C@H](CC(=O)O)c1ccc(OCc2ccc(CN3CCC4(C=Cc5ccccc54)CC3)cc2)cc1. The highest BCUT2D eigenvalue weighted by Crippen LogP contribution is 2.43.